The third-order valence-corrected chi connectivity index (χ3v) is 3.73. The maximum absolute atomic E-state index is 11.9. The molecule has 1 heterocycles. The first-order valence-electron chi connectivity index (χ1n) is 6.50. The molecule has 1 aromatic carbocycles. The molecule has 1 amide bonds. The van der Waals surface area contributed by atoms with Crippen molar-refractivity contribution in [3.63, 3.8) is 0 Å². The zero-order chi connectivity index (χ0) is 15.9. The normalized spacial score (nSPS) is 10.2. The van der Waals surface area contributed by atoms with Crippen LogP contribution in [0.25, 0.3) is 0 Å². The summed E-state index contributed by atoms with van der Waals surface area (Å²) in [4.78, 5) is 11.9. The number of amides is 1. The first-order valence-corrected chi connectivity index (χ1v) is 7.49. The summed E-state index contributed by atoms with van der Waals surface area (Å²) in [6.07, 6.45) is 1.70. The molecule has 0 aliphatic rings. The maximum atomic E-state index is 11.9. The highest BCUT2D eigenvalue weighted by molar-refractivity contribution is 7.99. The number of nitrogens with zero attached hydrogens (tertiary/aromatic N) is 3. The summed E-state index contributed by atoms with van der Waals surface area (Å²) in [6.45, 7) is 4.15. The fourth-order valence-electron chi connectivity index (χ4n) is 1.71. The SMILES string of the molecule is C=CCn1c(N)nnc1SCC(=O)Nc1ccc(OC)cc1. The van der Waals surface area contributed by atoms with E-state index in [-0.39, 0.29) is 11.7 Å². The van der Waals surface area contributed by atoms with Gasteiger partial charge in [-0.2, -0.15) is 0 Å². The van der Waals surface area contributed by atoms with Gasteiger partial charge in [-0.3, -0.25) is 9.36 Å². The predicted octanol–water partition coefficient (Wildman–Crippen LogP) is 1.79. The van der Waals surface area contributed by atoms with Crippen LogP contribution in [0.3, 0.4) is 0 Å². The average molecular weight is 319 g/mol. The van der Waals surface area contributed by atoms with E-state index in [1.165, 1.54) is 11.8 Å². The summed E-state index contributed by atoms with van der Waals surface area (Å²) in [7, 11) is 1.59. The van der Waals surface area contributed by atoms with Crippen LogP contribution in [-0.2, 0) is 11.3 Å². The van der Waals surface area contributed by atoms with Gasteiger partial charge in [-0.15, -0.1) is 16.8 Å². The predicted molar refractivity (Wildman–Crippen MR) is 87.0 cm³/mol. The van der Waals surface area contributed by atoms with E-state index < -0.39 is 0 Å². The molecule has 0 saturated carbocycles. The molecule has 0 bridgehead atoms. The van der Waals surface area contributed by atoms with Gasteiger partial charge in [-0.05, 0) is 24.3 Å². The summed E-state index contributed by atoms with van der Waals surface area (Å²) in [5.74, 6) is 1.11. The number of methoxy groups -OCH3 is 1. The number of nitrogen functional groups attached to an aromatic ring is 1. The van der Waals surface area contributed by atoms with Crippen molar-refractivity contribution in [2.45, 2.75) is 11.7 Å². The van der Waals surface area contributed by atoms with Crippen molar-refractivity contribution in [1.29, 1.82) is 0 Å². The lowest BCUT2D eigenvalue weighted by molar-refractivity contribution is -0.113. The summed E-state index contributed by atoms with van der Waals surface area (Å²) in [6, 6.07) is 7.12. The molecule has 3 N–H and O–H groups in total. The molecule has 0 unspecified atom stereocenters. The molecule has 0 aliphatic carbocycles. The van der Waals surface area contributed by atoms with Crippen molar-refractivity contribution in [3.8, 4) is 5.75 Å². The van der Waals surface area contributed by atoms with Crippen LogP contribution in [0.1, 0.15) is 0 Å². The van der Waals surface area contributed by atoms with Crippen molar-refractivity contribution in [2.75, 3.05) is 23.9 Å². The molecular weight excluding hydrogens is 302 g/mol. The van der Waals surface area contributed by atoms with Crippen molar-refractivity contribution < 1.29 is 9.53 Å². The van der Waals surface area contributed by atoms with Gasteiger partial charge in [0.15, 0.2) is 5.16 Å². The van der Waals surface area contributed by atoms with Crippen molar-refractivity contribution in [3.05, 3.63) is 36.9 Å². The van der Waals surface area contributed by atoms with E-state index in [2.05, 4.69) is 22.1 Å². The zero-order valence-electron chi connectivity index (χ0n) is 12.2. The molecule has 8 heteroatoms. The monoisotopic (exact) mass is 319 g/mol. The summed E-state index contributed by atoms with van der Waals surface area (Å²) in [5, 5.41) is 11.1. The van der Waals surface area contributed by atoms with E-state index in [4.69, 9.17) is 10.5 Å². The molecule has 0 spiro atoms. The Bertz CT molecular complexity index is 654. The number of carbonyl (C=O) groups excluding carboxylic acids is 1. The topological polar surface area (TPSA) is 95.1 Å². The molecule has 0 radical (unpaired) electrons. The summed E-state index contributed by atoms with van der Waals surface area (Å²) >= 11 is 1.27. The Balaban J connectivity index is 1.91. The average Bonchev–Trinajstić information content (AvgIpc) is 2.87. The molecule has 0 aliphatic heterocycles. The van der Waals surface area contributed by atoms with Gasteiger partial charge in [-0.1, -0.05) is 17.8 Å². The fourth-order valence-corrected chi connectivity index (χ4v) is 2.46. The fraction of sp³-hybridized carbons (Fsp3) is 0.214. The second-order valence-electron chi connectivity index (χ2n) is 4.31. The number of hydrogen-bond donors (Lipinski definition) is 2. The van der Waals surface area contributed by atoms with Gasteiger partial charge in [0, 0.05) is 12.2 Å². The smallest absolute Gasteiger partial charge is 0.234 e. The van der Waals surface area contributed by atoms with Gasteiger partial charge in [-0.25, -0.2) is 0 Å². The summed E-state index contributed by atoms with van der Waals surface area (Å²) < 4.78 is 6.76. The Morgan fingerprint density at radius 1 is 1.45 bits per heavy atom. The first kappa shape index (κ1) is 15.9. The van der Waals surface area contributed by atoms with Crippen molar-refractivity contribution in [1.82, 2.24) is 14.8 Å². The largest absolute Gasteiger partial charge is 0.497 e. The number of rotatable bonds is 7. The van der Waals surface area contributed by atoms with Crippen molar-refractivity contribution >= 4 is 29.3 Å². The Kier molecular flexibility index (Phi) is 5.42. The maximum Gasteiger partial charge on any atom is 0.234 e. The van der Waals surface area contributed by atoms with Gasteiger partial charge in [0.05, 0.1) is 12.9 Å². The minimum absolute atomic E-state index is 0.137. The minimum Gasteiger partial charge on any atom is -0.497 e. The molecule has 116 valence electrons. The van der Waals surface area contributed by atoms with Gasteiger partial charge in [0.2, 0.25) is 11.9 Å². The van der Waals surface area contributed by atoms with Gasteiger partial charge < -0.3 is 15.8 Å². The summed E-state index contributed by atoms with van der Waals surface area (Å²) in [5.41, 5.74) is 6.41. The van der Waals surface area contributed by atoms with Gasteiger partial charge in [0.1, 0.15) is 5.75 Å². The van der Waals surface area contributed by atoms with Crippen LogP contribution in [0, 0.1) is 0 Å². The van der Waals surface area contributed by atoms with Crippen LogP contribution in [0.15, 0.2) is 42.1 Å². The number of nitrogens with one attached hydrogen (secondary N) is 1. The second kappa shape index (κ2) is 7.51. The number of allylic oxidation sites excluding steroid dienone is 1. The van der Waals surface area contributed by atoms with Crippen LogP contribution in [-0.4, -0.2) is 33.5 Å². The van der Waals surface area contributed by atoms with E-state index >= 15 is 0 Å². The van der Waals surface area contributed by atoms with Crippen LogP contribution in [0.4, 0.5) is 11.6 Å². The number of ether oxygens (including phenoxy) is 1. The van der Waals surface area contributed by atoms with Crippen LogP contribution in [0.5, 0.6) is 5.75 Å². The zero-order valence-corrected chi connectivity index (χ0v) is 13.0. The second-order valence-corrected chi connectivity index (χ2v) is 5.25. The number of carbonyl (C=O) groups is 1. The number of hydrogen-bond acceptors (Lipinski definition) is 6. The van der Waals surface area contributed by atoms with E-state index in [1.54, 1.807) is 42.0 Å². The standard InChI is InChI=1S/C14H17N5O2S/c1-3-8-19-13(15)17-18-14(19)22-9-12(20)16-10-4-6-11(21-2)7-5-10/h3-7H,1,8-9H2,2H3,(H2,15,17)(H,16,20). The molecule has 2 aromatic rings. The third-order valence-electron chi connectivity index (χ3n) is 2.76. The van der Waals surface area contributed by atoms with E-state index in [1.807, 2.05) is 0 Å². The quantitative estimate of drug-likeness (QED) is 0.597. The van der Waals surface area contributed by atoms with E-state index in [9.17, 15) is 4.79 Å². The minimum atomic E-state index is -0.137. The molecule has 22 heavy (non-hydrogen) atoms. The third kappa shape index (κ3) is 4.01. The van der Waals surface area contributed by atoms with Crippen molar-refractivity contribution in [2.24, 2.45) is 0 Å². The first-order chi connectivity index (χ1) is 10.6. The van der Waals surface area contributed by atoms with Crippen LogP contribution < -0.4 is 15.8 Å². The lowest BCUT2D eigenvalue weighted by Crippen LogP contribution is -2.14. The Morgan fingerprint density at radius 3 is 2.82 bits per heavy atom. The highest BCUT2D eigenvalue weighted by Crippen LogP contribution is 2.19. The molecule has 0 fully saturated rings. The lowest BCUT2D eigenvalue weighted by atomic mass is 10.3. The van der Waals surface area contributed by atoms with Crippen LogP contribution in [0.2, 0.25) is 0 Å². The Labute approximate surface area is 132 Å². The molecule has 2 rings (SSSR count). The van der Waals surface area contributed by atoms with Crippen LogP contribution >= 0.6 is 11.8 Å². The Morgan fingerprint density at radius 2 is 2.18 bits per heavy atom. The molecule has 0 saturated heterocycles. The number of anilines is 2. The highest BCUT2D eigenvalue weighted by atomic mass is 32.2. The van der Waals surface area contributed by atoms with E-state index in [0.717, 1.165) is 5.75 Å². The number of benzene rings is 1. The number of nitrogens with two attached hydrogens (primary N) is 1. The number of thioether (sulfide) groups is 1. The Hall–Kier alpha value is -2.48. The van der Waals surface area contributed by atoms with Gasteiger partial charge >= 0.3 is 0 Å². The molecule has 7 nitrogen and oxygen atoms in total. The lowest BCUT2D eigenvalue weighted by Gasteiger charge is -2.07. The molecule has 1 aromatic heterocycles. The highest BCUT2D eigenvalue weighted by Gasteiger charge is 2.11. The van der Waals surface area contributed by atoms with E-state index in [0.29, 0.717) is 23.3 Å². The van der Waals surface area contributed by atoms with Gasteiger partial charge in [0.25, 0.3) is 0 Å². The number of aromatic nitrogens is 3. The molecule has 0 atom stereocenters. The molecular formula is C14H17N5O2S.